The molecule has 2 heterocycles. The van der Waals surface area contributed by atoms with E-state index in [0.717, 1.165) is 24.6 Å². The third-order valence-corrected chi connectivity index (χ3v) is 4.72. The van der Waals surface area contributed by atoms with Gasteiger partial charge in [-0.1, -0.05) is 12.1 Å². The summed E-state index contributed by atoms with van der Waals surface area (Å²) in [4.78, 5) is 2.58. The van der Waals surface area contributed by atoms with Gasteiger partial charge >= 0.3 is 0 Å². The summed E-state index contributed by atoms with van der Waals surface area (Å²) < 4.78 is 7.23. The van der Waals surface area contributed by atoms with Gasteiger partial charge in [0.15, 0.2) is 0 Å². The summed E-state index contributed by atoms with van der Waals surface area (Å²) in [6, 6.07) is 8.87. The minimum absolute atomic E-state index is 0.439. The van der Waals surface area contributed by atoms with Crippen LogP contribution in [0.1, 0.15) is 30.5 Å². The van der Waals surface area contributed by atoms with E-state index in [0.29, 0.717) is 6.04 Å². The van der Waals surface area contributed by atoms with E-state index in [9.17, 15) is 0 Å². The normalized spacial score (nSPS) is 20.2. The van der Waals surface area contributed by atoms with Crippen LogP contribution in [0.4, 0.5) is 0 Å². The fraction of sp³-hybridized carbons (Fsp3) is 0.500. The first-order valence-electron chi connectivity index (χ1n) is 8.01. The molecule has 0 N–H and O–H groups in total. The van der Waals surface area contributed by atoms with Gasteiger partial charge in [-0.3, -0.25) is 9.58 Å². The van der Waals surface area contributed by atoms with Crippen molar-refractivity contribution in [1.29, 1.82) is 0 Å². The molecule has 0 bridgehead atoms. The van der Waals surface area contributed by atoms with E-state index >= 15 is 0 Å². The molecular weight excluding hydrogens is 274 g/mol. The molecule has 0 spiro atoms. The van der Waals surface area contributed by atoms with E-state index in [2.05, 4.69) is 41.3 Å². The van der Waals surface area contributed by atoms with Crippen molar-refractivity contribution >= 4 is 0 Å². The average molecular weight is 299 g/mol. The summed E-state index contributed by atoms with van der Waals surface area (Å²) in [7, 11) is 3.71. The van der Waals surface area contributed by atoms with Crippen molar-refractivity contribution in [2.75, 3.05) is 20.2 Å². The molecule has 1 aliphatic rings. The van der Waals surface area contributed by atoms with Gasteiger partial charge in [0.1, 0.15) is 5.75 Å². The Morgan fingerprint density at radius 3 is 3.00 bits per heavy atom. The highest BCUT2D eigenvalue weighted by atomic mass is 16.5. The topological polar surface area (TPSA) is 30.3 Å². The summed E-state index contributed by atoms with van der Waals surface area (Å²) in [6.45, 7) is 4.62. The van der Waals surface area contributed by atoms with Crippen LogP contribution in [0.3, 0.4) is 0 Å². The largest absolute Gasteiger partial charge is 0.497 e. The number of likely N-dealkylation sites (tertiary alicyclic amines) is 1. The molecule has 22 heavy (non-hydrogen) atoms. The highest BCUT2D eigenvalue weighted by Crippen LogP contribution is 2.30. The molecule has 1 saturated heterocycles. The molecule has 4 heteroatoms. The Balaban J connectivity index is 1.61. The van der Waals surface area contributed by atoms with Gasteiger partial charge in [0, 0.05) is 25.8 Å². The number of nitrogens with zero attached hydrogens (tertiary/aromatic N) is 3. The van der Waals surface area contributed by atoms with Crippen molar-refractivity contribution in [3.63, 3.8) is 0 Å². The third-order valence-electron chi connectivity index (χ3n) is 4.72. The van der Waals surface area contributed by atoms with E-state index in [4.69, 9.17) is 4.74 Å². The molecule has 3 rings (SSSR count). The van der Waals surface area contributed by atoms with Crippen molar-refractivity contribution in [2.24, 2.45) is 13.0 Å². The lowest BCUT2D eigenvalue weighted by Crippen LogP contribution is -2.24. The first-order chi connectivity index (χ1) is 10.7. The summed E-state index contributed by atoms with van der Waals surface area (Å²) in [5, 5.41) is 4.27. The summed E-state index contributed by atoms with van der Waals surface area (Å²) in [6.07, 6.45) is 6.53. The van der Waals surface area contributed by atoms with Gasteiger partial charge in [-0.25, -0.2) is 0 Å². The molecule has 0 aliphatic carbocycles. The summed E-state index contributed by atoms with van der Waals surface area (Å²) in [5.74, 6) is 1.67. The molecule has 0 unspecified atom stereocenters. The molecule has 1 fully saturated rings. The number of methoxy groups -OCH3 is 1. The van der Waals surface area contributed by atoms with Crippen LogP contribution in [0.2, 0.25) is 0 Å². The Hall–Kier alpha value is -1.81. The van der Waals surface area contributed by atoms with E-state index in [1.54, 1.807) is 7.11 Å². The zero-order valence-corrected chi connectivity index (χ0v) is 13.7. The zero-order valence-electron chi connectivity index (χ0n) is 13.7. The molecule has 118 valence electrons. The Morgan fingerprint density at radius 1 is 1.41 bits per heavy atom. The van der Waals surface area contributed by atoms with E-state index in [1.807, 2.05) is 24.0 Å². The molecule has 2 atom stereocenters. The van der Waals surface area contributed by atoms with Gasteiger partial charge in [0.05, 0.1) is 13.3 Å². The second-order valence-corrected chi connectivity index (χ2v) is 6.33. The summed E-state index contributed by atoms with van der Waals surface area (Å²) in [5.41, 5.74) is 2.68. The van der Waals surface area contributed by atoms with Gasteiger partial charge in [0.25, 0.3) is 0 Å². The van der Waals surface area contributed by atoms with Gasteiger partial charge < -0.3 is 4.74 Å². The predicted molar refractivity (Wildman–Crippen MR) is 88.0 cm³/mol. The Morgan fingerprint density at radius 2 is 2.27 bits per heavy atom. The number of rotatable bonds is 5. The van der Waals surface area contributed by atoms with Crippen molar-refractivity contribution in [2.45, 2.75) is 25.8 Å². The molecule has 1 aromatic carbocycles. The van der Waals surface area contributed by atoms with Crippen molar-refractivity contribution < 1.29 is 4.74 Å². The zero-order chi connectivity index (χ0) is 15.5. The molecule has 0 amide bonds. The fourth-order valence-electron chi connectivity index (χ4n) is 3.40. The number of benzene rings is 1. The first-order valence-corrected chi connectivity index (χ1v) is 8.01. The highest BCUT2D eigenvalue weighted by Gasteiger charge is 2.27. The molecule has 1 aromatic heterocycles. The van der Waals surface area contributed by atoms with Gasteiger partial charge in [-0.15, -0.1) is 0 Å². The predicted octanol–water partition coefficient (Wildman–Crippen LogP) is 3.05. The SMILES string of the molecule is COc1cccc([C@@H](C)N2CC[C@@H](Cc3cnn(C)c3)C2)c1. The number of aryl methyl sites for hydroxylation is 1. The monoisotopic (exact) mass is 299 g/mol. The number of hydrogen-bond acceptors (Lipinski definition) is 3. The average Bonchev–Trinajstić information content (AvgIpc) is 3.16. The van der Waals surface area contributed by atoms with E-state index in [1.165, 1.54) is 24.1 Å². The molecule has 2 aromatic rings. The van der Waals surface area contributed by atoms with Crippen LogP contribution in [0, 0.1) is 5.92 Å². The van der Waals surface area contributed by atoms with Crippen LogP contribution in [-0.2, 0) is 13.5 Å². The molecule has 1 aliphatic heterocycles. The number of aromatic nitrogens is 2. The maximum atomic E-state index is 5.34. The Kier molecular flexibility index (Phi) is 4.48. The van der Waals surface area contributed by atoms with Crippen LogP contribution < -0.4 is 4.74 Å². The third kappa shape index (κ3) is 3.33. The molecule has 4 nitrogen and oxygen atoms in total. The molecule has 0 saturated carbocycles. The van der Waals surface area contributed by atoms with Crippen LogP contribution in [0.25, 0.3) is 0 Å². The second kappa shape index (κ2) is 6.53. The summed E-state index contributed by atoms with van der Waals surface area (Å²) >= 11 is 0. The maximum Gasteiger partial charge on any atom is 0.119 e. The maximum absolute atomic E-state index is 5.34. The minimum atomic E-state index is 0.439. The van der Waals surface area contributed by atoms with Crippen molar-refractivity contribution in [3.8, 4) is 5.75 Å². The van der Waals surface area contributed by atoms with E-state index < -0.39 is 0 Å². The minimum Gasteiger partial charge on any atom is -0.497 e. The van der Waals surface area contributed by atoms with Gasteiger partial charge in [-0.05, 0) is 55.5 Å². The second-order valence-electron chi connectivity index (χ2n) is 6.33. The molecular formula is C18H25N3O. The lowest BCUT2D eigenvalue weighted by atomic mass is 10.0. The Bertz CT molecular complexity index is 622. The van der Waals surface area contributed by atoms with Gasteiger partial charge in [-0.2, -0.15) is 5.10 Å². The molecule has 0 radical (unpaired) electrons. The van der Waals surface area contributed by atoms with Crippen molar-refractivity contribution in [1.82, 2.24) is 14.7 Å². The van der Waals surface area contributed by atoms with Crippen LogP contribution >= 0.6 is 0 Å². The Labute approximate surface area is 132 Å². The first kappa shape index (κ1) is 15.1. The fourth-order valence-corrected chi connectivity index (χ4v) is 3.40. The quantitative estimate of drug-likeness (QED) is 0.850. The smallest absolute Gasteiger partial charge is 0.119 e. The highest BCUT2D eigenvalue weighted by molar-refractivity contribution is 5.30. The lowest BCUT2D eigenvalue weighted by molar-refractivity contribution is 0.252. The lowest BCUT2D eigenvalue weighted by Gasteiger charge is -2.25. The number of hydrogen-bond donors (Lipinski definition) is 0. The van der Waals surface area contributed by atoms with Crippen molar-refractivity contribution in [3.05, 3.63) is 47.8 Å². The van der Waals surface area contributed by atoms with Crippen LogP contribution in [0.5, 0.6) is 5.75 Å². The van der Waals surface area contributed by atoms with Crippen LogP contribution in [-0.4, -0.2) is 34.9 Å². The van der Waals surface area contributed by atoms with Crippen LogP contribution in [0.15, 0.2) is 36.7 Å². The number of ether oxygens (including phenoxy) is 1. The standard InChI is InChI=1S/C18H25N3O/c1-14(17-5-4-6-18(10-17)22-3)21-8-7-15(13-21)9-16-11-19-20(2)12-16/h4-6,10-12,14-15H,7-9,13H2,1-3H3/t14-,15+/m1/s1. The van der Waals surface area contributed by atoms with E-state index in [-0.39, 0.29) is 0 Å². The van der Waals surface area contributed by atoms with Gasteiger partial charge in [0.2, 0.25) is 0 Å².